The molecule has 1 saturated heterocycles. The van der Waals surface area contributed by atoms with Gasteiger partial charge in [0, 0.05) is 12.7 Å². The van der Waals surface area contributed by atoms with Gasteiger partial charge >= 0.3 is 0 Å². The van der Waals surface area contributed by atoms with Gasteiger partial charge in [0.15, 0.2) is 5.13 Å². The Hall–Kier alpha value is -2.31. The summed E-state index contributed by atoms with van der Waals surface area (Å²) >= 11 is 1.53. The van der Waals surface area contributed by atoms with Crippen molar-refractivity contribution in [3.05, 3.63) is 48.3 Å². The summed E-state index contributed by atoms with van der Waals surface area (Å²) < 4.78 is 0. The van der Waals surface area contributed by atoms with Crippen LogP contribution in [0, 0.1) is 0 Å². The van der Waals surface area contributed by atoms with Gasteiger partial charge < -0.3 is 5.32 Å². The summed E-state index contributed by atoms with van der Waals surface area (Å²) in [4.78, 5) is 16.9. The number of fused-ring (bicyclic) bond motifs is 1. The van der Waals surface area contributed by atoms with E-state index in [1.165, 1.54) is 42.8 Å². The molecule has 0 bridgehead atoms. The van der Waals surface area contributed by atoms with Gasteiger partial charge in [-0.2, -0.15) is 0 Å². The molecule has 0 spiro atoms. The third-order valence-corrected chi connectivity index (χ3v) is 5.03. The summed E-state index contributed by atoms with van der Waals surface area (Å²) in [6, 6.07) is 8.08. The summed E-state index contributed by atoms with van der Waals surface area (Å²) in [5.74, 6) is 0.828. The molecule has 3 aromatic rings. The maximum absolute atomic E-state index is 4.58. The maximum atomic E-state index is 4.58. The van der Waals surface area contributed by atoms with Crippen molar-refractivity contribution in [3.8, 4) is 0 Å². The van der Waals surface area contributed by atoms with E-state index in [-0.39, 0.29) is 0 Å². The number of rotatable bonds is 5. The Morgan fingerprint density at radius 3 is 2.92 bits per heavy atom. The predicted octanol–water partition coefficient (Wildman–Crippen LogP) is 4.07. The first-order chi connectivity index (χ1) is 11.8. The van der Waals surface area contributed by atoms with Crippen LogP contribution in [0.4, 0.5) is 10.9 Å². The van der Waals surface area contributed by atoms with E-state index in [1.807, 2.05) is 18.3 Å². The van der Waals surface area contributed by atoms with Crippen LogP contribution in [0.15, 0.2) is 37.0 Å². The van der Waals surface area contributed by atoms with Gasteiger partial charge in [-0.05, 0) is 61.8 Å². The number of thiazole rings is 1. The first-order valence-corrected chi connectivity index (χ1v) is 8.96. The Morgan fingerprint density at radius 2 is 2.08 bits per heavy atom. The van der Waals surface area contributed by atoms with Gasteiger partial charge in [0.25, 0.3) is 0 Å². The molecule has 4 heterocycles. The van der Waals surface area contributed by atoms with Crippen molar-refractivity contribution >= 4 is 38.7 Å². The molecule has 1 fully saturated rings. The fourth-order valence-corrected chi connectivity index (χ4v) is 3.80. The highest BCUT2D eigenvalue weighted by atomic mass is 32.1. The highest BCUT2D eigenvalue weighted by molar-refractivity contribution is 7.21. The van der Waals surface area contributed by atoms with Crippen molar-refractivity contribution in [2.75, 3.05) is 18.4 Å². The lowest BCUT2D eigenvalue weighted by Crippen LogP contribution is -2.18. The van der Waals surface area contributed by atoms with E-state index in [0.717, 1.165) is 33.5 Å². The van der Waals surface area contributed by atoms with Crippen LogP contribution < -0.4 is 5.32 Å². The van der Waals surface area contributed by atoms with Gasteiger partial charge in [-0.1, -0.05) is 17.9 Å². The highest BCUT2D eigenvalue weighted by Crippen LogP contribution is 2.27. The summed E-state index contributed by atoms with van der Waals surface area (Å²) in [6.07, 6.45) is 6.22. The minimum Gasteiger partial charge on any atom is -0.316 e. The van der Waals surface area contributed by atoms with Gasteiger partial charge in [0.2, 0.25) is 0 Å². The molecule has 0 unspecified atom stereocenters. The molecule has 1 aliphatic heterocycles. The van der Waals surface area contributed by atoms with Crippen molar-refractivity contribution in [1.82, 2.24) is 19.9 Å². The highest BCUT2D eigenvalue weighted by Gasteiger charge is 2.12. The van der Waals surface area contributed by atoms with E-state index in [1.54, 1.807) is 6.08 Å². The molecule has 4 rings (SSSR count). The van der Waals surface area contributed by atoms with E-state index in [4.69, 9.17) is 0 Å². The second-order valence-electron chi connectivity index (χ2n) is 5.94. The number of nitrogens with zero attached hydrogens (tertiary/aromatic N) is 4. The zero-order chi connectivity index (χ0) is 16.4. The summed E-state index contributed by atoms with van der Waals surface area (Å²) in [5.41, 5.74) is 3.03. The van der Waals surface area contributed by atoms with Gasteiger partial charge in [0.05, 0.1) is 5.69 Å². The molecule has 5 nitrogen and oxygen atoms in total. The molecule has 0 saturated carbocycles. The summed E-state index contributed by atoms with van der Waals surface area (Å²) in [6.45, 7) is 7.13. The van der Waals surface area contributed by atoms with Gasteiger partial charge in [-0.15, -0.1) is 0 Å². The van der Waals surface area contributed by atoms with Crippen LogP contribution >= 0.6 is 11.3 Å². The first kappa shape index (κ1) is 15.2. The normalized spacial score (nSPS) is 15.0. The summed E-state index contributed by atoms with van der Waals surface area (Å²) in [7, 11) is 0. The van der Waals surface area contributed by atoms with E-state index < -0.39 is 0 Å². The zero-order valence-electron chi connectivity index (χ0n) is 13.4. The lowest BCUT2D eigenvalue weighted by atomic mass is 10.2. The van der Waals surface area contributed by atoms with Crippen molar-refractivity contribution in [2.45, 2.75) is 19.4 Å². The Labute approximate surface area is 145 Å². The van der Waals surface area contributed by atoms with Gasteiger partial charge in [-0.3, -0.25) is 4.90 Å². The molecule has 3 aromatic heterocycles. The number of likely N-dealkylation sites (tertiary alicyclic amines) is 1. The quantitative estimate of drug-likeness (QED) is 0.760. The molecule has 1 aliphatic rings. The second kappa shape index (κ2) is 6.67. The molecule has 122 valence electrons. The monoisotopic (exact) mass is 337 g/mol. The molecule has 24 heavy (non-hydrogen) atoms. The third kappa shape index (κ3) is 3.29. The van der Waals surface area contributed by atoms with E-state index in [9.17, 15) is 0 Å². The average molecular weight is 337 g/mol. The van der Waals surface area contributed by atoms with Crippen LogP contribution in [0.25, 0.3) is 16.4 Å². The van der Waals surface area contributed by atoms with Crippen molar-refractivity contribution in [2.24, 2.45) is 0 Å². The number of aromatic nitrogens is 3. The topological polar surface area (TPSA) is 53.9 Å². The molecular formula is C18H19N5S. The predicted molar refractivity (Wildman–Crippen MR) is 99.5 cm³/mol. The molecule has 0 atom stereocenters. The maximum Gasteiger partial charge on any atom is 0.190 e. The molecule has 1 N–H and O–H groups in total. The van der Waals surface area contributed by atoms with E-state index in [2.05, 4.69) is 43.9 Å². The first-order valence-electron chi connectivity index (χ1n) is 8.14. The van der Waals surface area contributed by atoms with E-state index >= 15 is 0 Å². The molecule has 0 aliphatic carbocycles. The van der Waals surface area contributed by atoms with Crippen molar-refractivity contribution < 1.29 is 0 Å². The SMILES string of the molecule is C=Cc1ccc2nc(Nc3cc(CN4CCCC4)ccn3)sc2n1. The average Bonchev–Trinajstić information content (AvgIpc) is 3.23. The molecule has 0 aromatic carbocycles. The summed E-state index contributed by atoms with van der Waals surface area (Å²) in [5, 5.41) is 4.12. The number of hydrogen-bond acceptors (Lipinski definition) is 6. The number of pyridine rings is 2. The lowest BCUT2D eigenvalue weighted by Gasteiger charge is -2.14. The number of anilines is 2. The minimum absolute atomic E-state index is 0.810. The smallest absolute Gasteiger partial charge is 0.190 e. The van der Waals surface area contributed by atoms with Crippen LogP contribution in [-0.2, 0) is 6.54 Å². The van der Waals surface area contributed by atoms with Crippen LogP contribution in [0.3, 0.4) is 0 Å². The Morgan fingerprint density at radius 1 is 1.21 bits per heavy atom. The van der Waals surface area contributed by atoms with Gasteiger partial charge in [0.1, 0.15) is 16.2 Å². The van der Waals surface area contributed by atoms with Crippen LogP contribution in [0.1, 0.15) is 24.1 Å². The molecule has 0 radical (unpaired) electrons. The molecule has 0 amide bonds. The second-order valence-corrected chi connectivity index (χ2v) is 6.92. The zero-order valence-corrected chi connectivity index (χ0v) is 14.2. The van der Waals surface area contributed by atoms with Gasteiger partial charge in [-0.25, -0.2) is 15.0 Å². The van der Waals surface area contributed by atoms with Crippen molar-refractivity contribution in [1.29, 1.82) is 0 Å². The van der Waals surface area contributed by atoms with Crippen LogP contribution in [-0.4, -0.2) is 32.9 Å². The molecule has 6 heteroatoms. The minimum atomic E-state index is 0.810. The lowest BCUT2D eigenvalue weighted by molar-refractivity contribution is 0.331. The Kier molecular flexibility index (Phi) is 4.23. The largest absolute Gasteiger partial charge is 0.316 e. The number of hydrogen-bond donors (Lipinski definition) is 1. The van der Waals surface area contributed by atoms with E-state index in [0.29, 0.717) is 0 Å². The third-order valence-electron chi connectivity index (χ3n) is 4.15. The van der Waals surface area contributed by atoms with Crippen molar-refractivity contribution in [3.63, 3.8) is 0 Å². The molecular weight excluding hydrogens is 318 g/mol. The van der Waals surface area contributed by atoms with Crippen LogP contribution in [0.2, 0.25) is 0 Å². The number of nitrogens with one attached hydrogen (secondary N) is 1. The Bertz CT molecular complexity index is 867. The van der Waals surface area contributed by atoms with Crippen LogP contribution in [0.5, 0.6) is 0 Å². The Balaban J connectivity index is 1.53. The fraction of sp³-hybridized carbons (Fsp3) is 0.278. The fourth-order valence-electron chi connectivity index (χ4n) is 2.95. The standard InChI is InChI=1S/C18H19N5S/c1-2-14-5-6-15-17(20-14)24-18(21-15)22-16-11-13(7-8-19-16)12-23-9-3-4-10-23/h2,5-8,11H,1,3-4,9-10,12H2,(H,19,21,22).